The first kappa shape index (κ1) is 23.1. The summed E-state index contributed by atoms with van der Waals surface area (Å²) in [5.41, 5.74) is 4.41. The number of anilines is 2. The lowest BCUT2D eigenvalue weighted by molar-refractivity contribution is 0.385. The van der Waals surface area contributed by atoms with Crippen molar-refractivity contribution in [2.75, 3.05) is 44.1 Å². The Morgan fingerprint density at radius 1 is 1.09 bits per heavy atom. The highest BCUT2D eigenvalue weighted by molar-refractivity contribution is 7.89. The van der Waals surface area contributed by atoms with Crippen LogP contribution in [-0.2, 0) is 16.4 Å². The summed E-state index contributed by atoms with van der Waals surface area (Å²) in [5.74, 6) is -0.717. The van der Waals surface area contributed by atoms with Crippen molar-refractivity contribution in [1.29, 1.82) is 0 Å². The van der Waals surface area contributed by atoms with Crippen LogP contribution in [0.15, 0.2) is 71.6 Å². The summed E-state index contributed by atoms with van der Waals surface area (Å²) in [6.45, 7) is 0.934. The molecule has 1 aliphatic heterocycles. The molecule has 33 heavy (non-hydrogen) atoms. The lowest BCUT2D eigenvalue weighted by atomic mass is 10.0. The Kier molecular flexibility index (Phi) is 6.58. The van der Waals surface area contributed by atoms with Crippen LogP contribution in [0.25, 0.3) is 0 Å². The Morgan fingerprint density at radius 3 is 2.48 bits per heavy atom. The monoisotopic (exact) mass is 469 g/mol. The number of halogens is 1. The zero-order chi connectivity index (χ0) is 23.6. The van der Waals surface area contributed by atoms with E-state index in [4.69, 9.17) is 4.74 Å². The van der Waals surface area contributed by atoms with Gasteiger partial charge in [-0.25, -0.2) is 17.5 Å². The molecule has 0 saturated heterocycles. The fourth-order valence-electron chi connectivity index (χ4n) is 4.18. The zero-order valence-corrected chi connectivity index (χ0v) is 19.8. The highest BCUT2D eigenvalue weighted by Gasteiger charge is 2.29. The maximum atomic E-state index is 14.1. The normalized spacial score (nSPS) is 14.1. The highest BCUT2D eigenvalue weighted by atomic mass is 32.2. The van der Waals surface area contributed by atoms with Crippen LogP contribution in [0.4, 0.5) is 15.8 Å². The quantitative estimate of drug-likeness (QED) is 0.541. The molecule has 0 aromatic heterocycles. The summed E-state index contributed by atoms with van der Waals surface area (Å²) in [5, 5.41) is 0. The molecule has 3 aromatic rings. The van der Waals surface area contributed by atoms with E-state index < -0.39 is 15.8 Å². The molecule has 0 radical (unpaired) electrons. The molecule has 6 nitrogen and oxygen atoms in total. The number of hydrogen-bond acceptors (Lipinski definition) is 5. The first-order chi connectivity index (χ1) is 15.8. The number of nitrogens with one attached hydrogen (secondary N) is 1. The largest absolute Gasteiger partial charge is 0.494 e. The van der Waals surface area contributed by atoms with Crippen LogP contribution in [0, 0.1) is 5.82 Å². The van der Waals surface area contributed by atoms with Crippen LogP contribution in [-0.4, -0.2) is 42.7 Å². The van der Waals surface area contributed by atoms with Gasteiger partial charge < -0.3 is 14.5 Å². The van der Waals surface area contributed by atoms with Gasteiger partial charge in [-0.15, -0.1) is 0 Å². The Balaban J connectivity index is 1.63. The Labute approximate surface area is 194 Å². The summed E-state index contributed by atoms with van der Waals surface area (Å²) in [4.78, 5) is 4.12. The second-order valence-corrected chi connectivity index (χ2v) is 9.99. The van der Waals surface area contributed by atoms with Crippen LogP contribution < -0.4 is 19.3 Å². The molecule has 1 heterocycles. The molecule has 0 saturated carbocycles. The van der Waals surface area contributed by atoms with E-state index in [-0.39, 0.29) is 23.2 Å². The van der Waals surface area contributed by atoms with Gasteiger partial charge in [0.1, 0.15) is 0 Å². The molecule has 4 rings (SSSR count). The van der Waals surface area contributed by atoms with Crippen LogP contribution >= 0.6 is 0 Å². The number of methoxy groups -OCH3 is 1. The number of benzene rings is 3. The molecule has 0 aliphatic carbocycles. The van der Waals surface area contributed by atoms with E-state index in [1.807, 2.05) is 55.4 Å². The molecule has 0 spiro atoms. The number of sulfonamides is 1. The van der Waals surface area contributed by atoms with E-state index in [0.717, 1.165) is 36.0 Å². The second-order valence-electron chi connectivity index (χ2n) is 8.22. The lowest BCUT2D eigenvalue weighted by Gasteiger charge is -2.31. The SMILES string of the molecule is COc1ccc(S(=O)(=O)NC[C@@H](c2ccc(N(C)C)cc2)N2CCc3ccccc32)cc1F. The lowest BCUT2D eigenvalue weighted by Crippen LogP contribution is -2.37. The van der Waals surface area contributed by atoms with Crippen LogP contribution in [0.1, 0.15) is 17.2 Å². The molecule has 1 N–H and O–H groups in total. The van der Waals surface area contributed by atoms with E-state index in [1.54, 1.807) is 0 Å². The molecule has 3 aromatic carbocycles. The number of para-hydroxylation sites is 1. The smallest absolute Gasteiger partial charge is 0.240 e. The van der Waals surface area contributed by atoms with Gasteiger partial charge in [0.15, 0.2) is 11.6 Å². The van der Waals surface area contributed by atoms with E-state index in [9.17, 15) is 12.8 Å². The fourth-order valence-corrected chi connectivity index (χ4v) is 5.23. The molecule has 0 amide bonds. The average molecular weight is 470 g/mol. The molecule has 174 valence electrons. The summed E-state index contributed by atoms with van der Waals surface area (Å²) in [6.07, 6.45) is 0.902. The van der Waals surface area contributed by atoms with Crippen molar-refractivity contribution < 1.29 is 17.5 Å². The topological polar surface area (TPSA) is 61.9 Å². The van der Waals surface area contributed by atoms with Crippen molar-refractivity contribution in [2.24, 2.45) is 0 Å². The Morgan fingerprint density at radius 2 is 1.82 bits per heavy atom. The van der Waals surface area contributed by atoms with Gasteiger partial charge in [0.05, 0.1) is 18.0 Å². The van der Waals surface area contributed by atoms with Crippen molar-refractivity contribution in [3.05, 3.63) is 83.7 Å². The number of hydrogen-bond donors (Lipinski definition) is 1. The molecule has 0 fully saturated rings. The van der Waals surface area contributed by atoms with Gasteiger partial charge in [0, 0.05) is 38.6 Å². The predicted octanol–water partition coefficient (Wildman–Crippen LogP) is 3.98. The Hall–Kier alpha value is -3.10. The molecule has 8 heteroatoms. The number of nitrogens with zero attached hydrogens (tertiary/aromatic N) is 2. The van der Waals surface area contributed by atoms with Crippen molar-refractivity contribution in [2.45, 2.75) is 17.4 Å². The van der Waals surface area contributed by atoms with Crippen molar-refractivity contribution >= 4 is 21.4 Å². The van der Waals surface area contributed by atoms with E-state index >= 15 is 0 Å². The van der Waals surface area contributed by atoms with Crippen LogP contribution in [0.3, 0.4) is 0 Å². The molecule has 1 aliphatic rings. The molecule has 0 bridgehead atoms. The van der Waals surface area contributed by atoms with Crippen molar-refractivity contribution in [1.82, 2.24) is 4.72 Å². The van der Waals surface area contributed by atoms with Crippen LogP contribution in [0.5, 0.6) is 5.75 Å². The summed E-state index contributed by atoms with van der Waals surface area (Å²) in [6, 6.07) is 19.7. The molecular formula is C25H28FN3O3S. The van der Waals surface area contributed by atoms with Gasteiger partial charge in [-0.3, -0.25) is 0 Å². The summed E-state index contributed by atoms with van der Waals surface area (Å²) < 4.78 is 47.7. The predicted molar refractivity (Wildman–Crippen MR) is 129 cm³/mol. The maximum Gasteiger partial charge on any atom is 0.240 e. The first-order valence-electron chi connectivity index (χ1n) is 10.7. The van der Waals surface area contributed by atoms with Gasteiger partial charge in [0.2, 0.25) is 10.0 Å². The molecule has 0 unspecified atom stereocenters. The highest BCUT2D eigenvalue weighted by Crippen LogP contribution is 2.35. The number of fused-ring (bicyclic) bond motifs is 1. The van der Waals surface area contributed by atoms with Crippen molar-refractivity contribution in [3.8, 4) is 5.75 Å². The second kappa shape index (κ2) is 9.41. The standard InChI is InChI=1S/C25H28FN3O3S/c1-28(2)20-10-8-19(9-11-20)24(29-15-14-18-6-4-5-7-23(18)29)17-27-33(30,31)21-12-13-25(32-3)22(26)16-21/h4-13,16,24,27H,14-15,17H2,1-3H3/t24-/m0/s1. The number of ether oxygens (including phenoxy) is 1. The van der Waals surface area contributed by atoms with Gasteiger partial charge in [-0.05, 0) is 53.9 Å². The van der Waals surface area contributed by atoms with Crippen molar-refractivity contribution in [3.63, 3.8) is 0 Å². The van der Waals surface area contributed by atoms with Crippen LogP contribution in [0.2, 0.25) is 0 Å². The van der Waals surface area contributed by atoms with E-state index in [1.165, 1.54) is 24.8 Å². The van der Waals surface area contributed by atoms with Gasteiger partial charge >= 0.3 is 0 Å². The zero-order valence-electron chi connectivity index (χ0n) is 19.0. The fraction of sp³-hybridized carbons (Fsp3) is 0.280. The minimum atomic E-state index is -3.92. The van der Waals surface area contributed by atoms with Gasteiger partial charge in [0.25, 0.3) is 0 Å². The third-order valence-electron chi connectivity index (χ3n) is 5.99. The first-order valence-corrected chi connectivity index (χ1v) is 12.2. The van der Waals surface area contributed by atoms with Gasteiger partial charge in [-0.1, -0.05) is 30.3 Å². The third kappa shape index (κ3) is 4.82. The maximum absolute atomic E-state index is 14.1. The summed E-state index contributed by atoms with van der Waals surface area (Å²) >= 11 is 0. The van der Waals surface area contributed by atoms with E-state index in [2.05, 4.69) is 21.8 Å². The average Bonchev–Trinajstić information content (AvgIpc) is 3.23. The van der Waals surface area contributed by atoms with E-state index in [0.29, 0.717) is 0 Å². The summed E-state index contributed by atoms with van der Waals surface area (Å²) in [7, 11) is 1.37. The number of rotatable bonds is 8. The minimum absolute atomic E-state index is 0.00137. The van der Waals surface area contributed by atoms with Gasteiger partial charge in [-0.2, -0.15) is 0 Å². The molecule has 1 atom stereocenters. The minimum Gasteiger partial charge on any atom is -0.494 e. The Bertz CT molecular complexity index is 1230. The molecular weight excluding hydrogens is 441 g/mol. The third-order valence-corrected chi connectivity index (χ3v) is 7.42.